The van der Waals surface area contributed by atoms with E-state index in [4.69, 9.17) is 0 Å². The summed E-state index contributed by atoms with van der Waals surface area (Å²) in [6.45, 7) is 23.2. The average Bonchev–Trinajstić information content (AvgIpc) is 2.98. The smallest absolute Gasteiger partial charge is 0.152 e. The Bertz CT molecular complexity index is 549. The predicted molar refractivity (Wildman–Crippen MR) is 123 cm³/mol. The normalized spacial score (nSPS) is 23.1. The van der Waals surface area contributed by atoms with Crippen LogP contribution < -0.4 is 0 Å². The van der Waals surface area contributed by atoms with Crippen LogP contribution in [0.1, 0.15) is 54.4 Å². The zero-order valence-electron chi connectivity index (χ0n) is 19.9. The Labute approximate surface area is 180 Å². The van der Waals surface area contributed by atoms with Crippen molar-refractivity contribution in [2.75, 3.05) is 77.0 Å². The second-order valence-corrected chi connectivity index (χ2v) is 13.2. The van der Waals surface area contributed by atoms with Crippen molar-refractivity contribution in [1.29, 1.82) is 0 Å². The van der Waals surface area contributed by atoms with Gasteiger partial charge in [-0.3, -0.25) is 9.80 Å². The molecular formula is C22H46N4O2S. The van der Waals surface area contributed by atoms with Gasteiger partial charge in [-0.1, -0.05) is 0 Å². The second-order valence-electron chi connectivity index (χ2n) is 10.9. The van der Waals surface area contributed by atoms with Crippen molar-refractivity contribution in [3.63, 3.8) is 0 Å². The third-order valence-electron chi connectivity index (χ3n) is 6.51. The Balaban J connectivity index is 1.73. The molecule has 29 heavy (non-hydrogen) atoms. The third-order valence-corrected chi connectivity index (χ3v) is 8.12. The van der Waals surface area contributed by atoms with Crippen LogP contribution in [0.3, 0.4) is 0 Å². The van der Waals surface area contributed by atoms with Crippen molar-refractivity contribution in [1.82, 2.24) is 19.6 Å². The van der Waals surface area contributed by atoms with Crippen molar-refractivity contribution in [3.8, 4) is 0 Å². The molecule has 2 aliphatic rings. The van der Waals surface area contributed by atoms with Gasteiger partial charge in [0.25, 0.3) is 0 Å². The minimum atomic E-state index is -3.00. The first-order valence-corrected chi connectivity index (χ1v) is 13.3. The van der Waals surface area contributed by atoms with Crippen LogP contribution in [0.25, 0.3) is 0 Å². The van der Waals surface area contributed by atoms with Crippen molar-refractivity contribution in [2.24, 2.45) is 0 Å². The molecule has 2 aliphatic heterocycles. The van der Waals surface area contributed by atoms with E-state index in [9.17, 15) is 8.42 Å². The Kier molecular flexibility index (Phi) is 8.99. The maximum atomic E-state index is 12.7. The predicted octanol–water partition coefficient (Wildman–Crippen LogP) is 2.01. The van der Waals surface area contributed by atoms with E-state index in [0.29, 0.717) is 24.6 Å². The van der Waals surface area contributed by atoms with Crippen LogP contribution in [0, 0.1) is 0 Å². The van der Waals surface area contributed by atoms with Gasteiger partial charge in [0.2, 0.25) is 0 Å². The number of hydrogen-bond donors (Lipinski definition) is 0. The highest BCUT2D eigenvalue weighted by Gasteiger charge is 2.26. The molecule has 0 atom stereocenters. The number of sulfone groups is 1. The molecule has 0 aromatic heterocycles. The molecule has 0 aromatic rings. The first-order valence-electron chi connectivity index (χ1n) is 11.5. The summed E-state index contributed by atoms with van der Waals surface area (Å²) in [5, 5.41) is 0. The molecule has 0 saturated carbocycles. The minimum absolute atomic E-state index is 0.192. The third kappa shape index (κ3) is 8.82. The summed E-state index contributed by atoms with van der Waals surface area (Å²) >= 11 is 0. The monoisotopic (exact) mass is 430 g/mol. The van der Waals surface area contributed by atoms with Crippen molar-refractivity contribution < 1.29 is 8.42 Å². The minimum Gasteiger partial charge on any atom is -0.301 e. The van der Waals surface area contributed by atoms with E-state index in [2.05, 4.69) is 61.1 Å². The van der Waals surface area contributed by atoms with Crippen molar-refractivity contribution in [3.05, 3.63) is 0 Å². The molecule has 2 rings (SSSR count). The fraction of sp³-hybridized carbons (Fsp3) is 1.00. The molecule has 0 aromatic carbocycles. The van der Waals surface area contributed by atoms with Gasteiger partial charge in [0.1, 0.15) is 0 Å². The van der Waals surface area contributed by atoms with Crippen LogP contribution in [-0.4, -0.2) is 116 Å². The molecule has 7 heteroatoms. The number of nitrogens with zero attached hydrogens (tertiary/aromatic N) is 4. The zero-order chi connectivity index (χ0) is 21.7. The summed E-state index contributed by atoms with van der Waals surface area (Å²) in [6.07, 6.45) is 2.24. The van der Waals surface area contributed by atoms with Gasteiger partial charge in [0.05, 0.1) is 11.5 Å². The molecule has 0 spiro atoms. The largest absolute Gasteiger partial charge is 0.301 e. The van der Waals surface area contributed by atoms with Crippen LogP contribution >= 0.6 is 0 Å². The molecule has 0 bridgehead atoms. The fourth-order valence-corrected chi connectivity index (χ4v) is 5.65. The van der Waals surface area contributed by atoms with Gasteiger partial charge in [0, 0.05) is 50.3 Å². The quantitative estimate of drug-likeness (QED) is 0.642. The molecule has 6 nitrogen and oxygen atoms in total. The summed E-state index contributed by atoms with van der Waals surface area (Å²) in [5.41, 5.74) is 0.385. The molecule has 0 amide bonds. The van der Waals surface area contributed by atoms with Crippen LogP contribution in [0.4, 0.5) is 0 Å². The molecule has 0 unspecified atom stereocenters. The second kappa shape index (κ2) is 10.4. The molecular weight excluding hydrogens is 384 g/mol. The lowest BCUT2D eigenvalue weighted by molar-refractivity contribution is 0.141. The van der Waals surface area contributed by atoms with E-state index in [1.165, 1.54) is 0 Å². The van der Waals surface area contributed by atoms with Crippen LogP contribution in [0.15, 0.2) is 0 Å². The van der Waals surface area contributed by atoms with Crippen LogP contribution in [-0.2, 0) is 9.84 Å². The van der Waals surface area contributed by atoms with Gasteiger partial charge in [-0.25, -0.2) is 8.42 Å². The Morgan fingerprint density at radius 3 is 1.31 bits per heavy atom. The highest BCUT2D eigenvalue weighted by molar-refractivity contribution is 7.91. The van der Waals surface area contributed by atoms with Gasteiger partial charge < -0.3 is 9.80 Å². The van der Waals surface area contributed by atoms with Gasteiger partial charge in [-0.05, 0) is 80.6 Å². The maximum Gasteiger partial charge on any atom is 0.152 e. The summed E-state index contributed by atoms with van der Waals surface area (Å²) in [4.78, 5) is 9.72. The Morgan fingerprint density at radius 2 is 0.966 bits per heavy atom. The van der Waals surface area contributed by atoms with Crippen molar-refractivity contribution in [2.45, 2.75) is 65.5 Å². The summed E-state index contributed by atoms with van der Waals surface area (Å²) < 4.78 is 25.3. The van der Waals surface area contributed by atoms with Gasteiger partial charge >= 0.3 is 0 Å². The summed E-state index contributed by atoms with van der Waals surface area (Å²) in [7, 11) is -3.00. The Hall–Kier alpha value is -0.210. The van der Waals surface area contributed by atoms with Gasteiger partial charge in [-0.15, -0.1) is 0 Å². The van der Waals surface area contributed by atoms with E-state index in [1.807, 2.05) is 0 Å². The standard InChI is InChI=1S/C22H46N4O2S/c1-21(2,3)25-11-7-9-23(13-15-25)17-19-29(27,28)20-18-24-10-8-12-26(16-14-24)22(4,5)6/h7-20H2,1-6H3. The SMILES string of the molecule is CC(C)(C)N1CCCN(CCS(=O)(=O)CCN2CCCN(C(C)(C)C)CC2)CC1. The highest BCUT2D eigenvalue weighted by Crippen LogP contribution is 2.17. The molecule has 172 valence electrons. The molecule has 2 saturated heterocycles. The van der Waals surface area contributed by atoms with E-state index >= 15 is 0 Å². The van der Waals surface area contributed by atoms with E-state index in [0.717, 1.165) is 65.2 Å². The zero-order valence-corrected chi connectivity index (χ0v) is 20.7. The molecule has 0 radical (unpaired) electrons. The lowest BCUT2D eigenvalue weighted by Gasteiger charge is -2.34. The molecule has 2 heterocycles. The van der Waals surface area contributed by atoms with Gasteiger partial charge in [-0.2, -0.15) is 0 Å². The number of rotatable bonds is 6. The topological polar surface area (TPSA) is 47.1 Å². The molecule has 0 aliphatic carbocycles. The average molecular weight is 431 g/mol. The van der Waals surface area contributed by atoms with Crippen LogP contribution in [0.5, 0.6) is 0 Å². The summed E-state index contributed by atoms with van der Waals surface area (Å²) in [6, 6.07) is 0. The lowest BCUT2D eigenvalue weighted by Crippen LogP contribution is -2.44. The van der Waals surface area contributed by atoms with E-state index < -0.39 is 9.84 Å². The lowest BCUT2D eigenvalue weighted by atomic mass is 10.1. The molecule has 2 fully saturated rings. The van der Waals surface area contributed by atoms with E-state index in [1.54, 1.807) is 0 Å². The van der Waals surface area contributed by atoms with Crippen LogP contribution in [0.2, 0.25) is 0 Å². The first-order chi connectivity index (χ1) is 13.4. The first kappa shape index (κ1) is 25.1. The fourth-order valence-electron chi connectivity index (χ4n) is 4.37. The molecule has 0 N–H and O–H groups in total. The van der Waals surface area contributed by atoms with Crippen molar-refractivity contribution >= 4 is 9.84 Å². The summed E-state index contributed by atoms with van der Waals surface area (Å²) in [5.74, 6) is 0.592. The highest BCUT2D eigenvalue weighted by atomic mass is 32.2. The Morgan fingerprint density at radius 1 is 0.586 bits per heavy atom. The maximum absolute atomic E-state index is 12.7. The number of hydrogen-bond acceptors (Lipinski definition) is 6. The van der Waals surface area contributed by atoms with Gasteiger partial charge in [0.15, 0.2) is 9.84 Å². The van der Waals surface area contributed by atoms with E-state index in [-0.39, 0.29) is 11.1 Å².